The summed E-state index contributed by atoms with van der Waals surface area (Å²) in [4.78, 5) is 17.7. The summed E-state index contributed by atoms with van der Waals surface area (Å²) in [7, 11) is 1.87. The van der Waals surface area contributed by atoms with E-state index in [0.29, 0.717) is 17.2 Å². The SMILES string of the molecule is Cc1nc(C(=O)Nc2ccc(Sc3nncn3C)cc2)nn1-c1ccc(F)cc1. The normalized spacial score (nSPS) is 10.9. The van der Waals surface area contributed by atoms with Crippen LogP contribution >= 0.6 is 11.8 Å². The average molecular weight is 409 g/mol. The molecule has 0 bridgehead atoms. The lowest BCUT2D eigenvalue weighted by Gasteiger charge is -2.05. The number of aromatic nitrogens is 6. The van der Waals surface area contributed by atoms with Crippen molar-refractivity contribution >= 4 is 23.4 Å². The largest absolute Gasteiger partial charge is 0.319 e. The lowest BCUT2D eigenvalue weighted by atomic mass is 10.3. The Kier molecular flexibility index (Phi) is 5.09. The van der Waals surface area contributed by atoms with Gasteiger partial charge in [-0.2, -0.15) is 0 Å². The van der Waals surface area contributed by atoms with Crippen LogP contribution in [0.3, 0.4) is 0 Å². The van der Waals surface area contributed by atoms with Gasteiger partial charge in [-0.25, -0.2) is 14.1 Å². The predicted octanol–water partition coefficient (Wildman–Crippen LogP) is 3.25. The predicted molar refractivity (Wildman–Crippen MR) is 106 cm³/mol. The number of aryl methyl sites for hydroxylation is 2. The molecule has 0 saturated carbocycles. The molecule has 29 heavy (non-hydrogen) atoms. The van der Waals surface area contributed by atoms with E-state index in [1.807, 2.05) is 23.7 Å². The van der Waals surface area contributed by atoms with Gasteiger partial charge >= 0.3 is 0 Å². The summed E-state index contributed by atoms with van der Waals surface area (Å²) in [6.45, 7) is 1.73. The summed E-state index contributed by atoms with van der Waals surface area (Å²) in [5, 5.41) is 15.7. The van der Waals surface area contributed by atoms with E-state index < -0.39 is 5.91 Å². The number of carbonyl (C=O) groups is 1. The Balaban J connectivity index is 1.46. The quantitative estimate of drug-likeness (QED) is 0.544. The van der Waals surface area contributed by atoms with E-state index in [2.05, 4.69) is 25.6 Å². The first-order chi connectivity index (χ1) is 14.0. The van der Waals surface area contributed by atoms with Crippen LogP contribution in [0.15, 0.2) is 64.9 Å². The highest BCUT2D eigenvalue weighted by Crippen LogP contribution is 2.26. The number of nitrogens with one attached hydrogen (secondary N) is 1. The number of halogens is 1. The number of rotatable bonds is 5. The summed E-state index contributed by atoms with van der Waals surface area (Å²) < 4.78 is 16.4. The van der Waals surface area contributed by atoms with Crippen molar-refractivity contribution in [1.29, 1.82) is 0 Å². The van der Waals surface area contributed by atoms with E-state index >= 15 is 0 Å². The number of anilines is 1. The zero-order valence-corrected chi connectivity index (χ0v) is 16.4. The third kappa shape index (κ3) is 4.16. The summed E-state index contributed by atoms with van der Waals surface area (Å²) in [5.74, 6) is -0.213. The Hall–Kier alpha value is -3.53. The second-order valence-corrected chi connectivity index (χ2v) is 7.22. The molecule has 2 heterocycles. The highest BCUT2D eigenvalue weighted by molar-refractivity contribution is 7.99. The fourth-order valence-electron chi connectivity index (χ4n) is 2.58. The molecule has 1 N–H and O–H groups in total. The lowest BCUT2D eigenvalue weighted by molar-refractivity contribution is 0.101. The Morgan fingerprint density at radius 3 is 2.48 bits per heavy atom. The topological polar surface area (TPSA) is 90.5 Å². The average Bonchev–Trinajstić information content (AvgIpc) is 3.30. The minimum Gasteiger partial charge on any atom is -0.319 e. The minimum atomic E-state index is -0.428. The lowest BCUT2D eigenvalue weighted by Crippen LogP contribution is -2.14. The molecule has 4 rings (SSSR count). The summed E-state index contributed by atoms with van der Waals surface area (Å²) >= 11 is 1.47. The van der Waals surface area contributed by atoms with Crippen LogP contribution in [0.2, 0.25) is 0 Å². The minimum absolute atomic E-state index is 0.0318. The van der Waals surface area contributed by atoms with Gasteiger partial charge < -0.3 is 9.88 Å². The molecule has 0 aliphatic heterocycles. The monoisotopic (exact) mass is 409 g/mol. The van der Waals surface area contributed by atoms with E-state index in [0.717, 1.165) is 10.1 Å². The number of nitrogens with zero attached hydrogens (tertiary/aromatic N) is 6. The molecule has 4 aromatic rings. The van der Waals surface area contributed by atoms with Crippen molar-refractivity contribution in [2.75, 3.05) is 5.32 Å². The molecule has 2 aromatic carbocycles. The van der Waals surface area contributed by atoms with Gasteiger partial charge in [0, 0.05) is 17.6 Å². The third-order valence-electron chi connectivity index (χ3n) is 4.03. The Bertz CT molecular complexity index is 1150. The van der Waals surface area contributed by atoms with Gasteiger partial charge in [-0.05, 0) is 67.2 Å². The molecule has 0 aliphatic carbocycles. The molecule has 10 heteroatoms. The Labute approximate surface area is 169 Å². The molecule has 1 amide bonds. The Morgan fingerprint density at radius 1 is 1.10 bits per heavy atom. The zero-order valence-electron chi connectivity index (χ0n) is 15.6. The van der Waals surface area contributed by atoms with Crippen molar-refractivity contribution in [3.05, 3.63) is 72.3 Å². The van der Waals surface area contributed by atoms with E-state index in [1.165, 1.54) is 28.6 Å². The van der Waals surface area contributed by atoms with Gasteiger partial charge in [0.15, 0.2) is 5.16 Å². The number of amides is 1. The molecule has 0 radical (unpaired) electrons. The fraction of sp³-hybridized carbons (Fsp3) is 0.105. The molecular weight excluding hydrogens is 393 g/mol. The molecule has 0 fully saturated rings. The van der Waals surface area contributed by atoms with Gasteiger partial charge in [0.25, 0.3) is 5.91 Å². The maximum Gasteiger partial charge on any atom is 0.295 e. The standard InChI is InChI=1S/C19H16FN7OS/c1-12-22-17(25-27(12)15-7-3-13(20)4-8-15)18(28)23-14-5-9-16(10-6-14)29-19-24-21-11-26(19)2/h3-11H,1-2H3,(H,23,28). The molecule has 0 atom stereocenters. The highest BCUT2D eigenvalue weighted by atomic mass is 32.2. The molecule has 0 aliphatic rings. The zero-order chi connectivity index (χ0) is 20.4. The van der Waals surface area contributed by atoms with Gasteiger partial charge in [0.1, 0.15) is 18.0 Å². The van der Waals surface area contributed by atoms with Gasteiger partial charge in [-0.3, -0.25) is 4.79 Å². The number of hydrogen-bond acceptors (Lipinski definition) is 6. The molecule has 0 spiro atoms. The second-order valence-electron chi connectivity index (χ2n) is 6.18. The van der Waals surface area contributed by atoms with Crippen molar-refractivity contribution < 1.29 is 9.18 Å². The van der Waals surface area contributed by atoms with E-state index in [1.54, 1.807) is 37.5 Å². The van der Waals surface area contributed by atoms with Crippen molar-refractivity contribution in [3.8, 4) is 5.69 Å². The van der Waals surface area contributed by atoms with Crippen LogP contribution in [0.25, 0.3) is 5.69 Å². The smallest absolute Gasteiger partial charge is 0.295 e. The van der Waals surface area contributed by atoms with Crippen LogP contribution in [-0.2, 0) is 7.05 Å². The molecule has 0 unspecified atom stereocenters. The van der Waals surface area contributed by atoms with Gasteiger partial charge in [0.2, 0.25) is 5.82 Å². The maximum atomic E-state index is 13.1. The van der Waals surface area contributed by atoms with E-state index in [-0.39, 0.29) is 11.6 Å². The van der Waals surface area contributed by atoms with E-state index in [9.17, 15) is 9.18 Å². The van der Waals surface area contributed by atoms with Crippen molar-refractivity contribution in [2.45, 2.75) is 17.0 Å². The fourth-order valence-corrected chi connectivity index (χ4v) is 3.34. The molecule has 0 saturated heterocycles. The molecule has 8 nitrogen and oxygen atoms in total. The first kappa shape index (κ1) is 18.8. The van der Waals surface area contributed by atoms with Crippen LogP contribution in [0.5, 0.6) is 0 Å². The van der Waals surface area contributed by atoms with Crippen LogP contribution in [0, 0.1) is 12.7 Å². The van der Waals surface area contributed by atoms with Gasteiger partial charge in [-0.15, -0.1) is 15.3 Å². The van der Waals surface area contributed by atoms with Crippen molar-refractivity contribution in [3.63, 3.8) is 0 Å². The van der Waals surface area contributed by atoms with Gasteiger partial charge in [0.05, 0.1) is 5.69 Å². The molecule has 146 valence electrons. The van der Waals surface area contributed by atoms with Gasteiger partial charge in [-0.1, -0.05) is 0 Å². The van der Waals surface area contributed by atoms with E-state index in [4.69, 9.17) is 0 Å². The first-order valence-corrected chi connectivity index (χ1v) is 9.44. The maximum absolute atomic E-state index is 13.1. The molecular formula is C19H16FN7OS. The van der Waals surface area contributed by atoms with Crippen LogP contribution in [0.1, 0.15) is 16.4 Å². The van der Waals surface area contributed by atoms with Crippen LogP contribution in [0.4, 0.5) is 10.1 Å². The first-order valence-electron chi connectivity index (χ1n) is 8.62. The van der Waals surface area contributed by atoms with Crippen molar-refractivity contribution in [1.82, 2.24) is 29.5 Å². The Morgan fingerprint density at radius 2 is 1.83 bits per heavy atom. The highest BCUT2D eigenvalue weighted by Gasteiger charge is 2.16. The van der Waals surface area contributed by atoms with Crippen molar-refractivity contribution in [2.24, 2.45) is 7.05 Å². The third-order valence-corrected chi connectivity index (χ3v) is 5.09. The summed E-state index contributed by atoms with van der Waals surface area (Å²) in [6.07, 6.45) is 1.64. The van der Waals surface area contributed by atoms with Crippen LogP contribution in [-0.4, -0.2) is 35.4 Å². The number of hydrogen-bond donors (Lipinski definition) is 1. The number of benzene rings is 2. The van der Waals surface area contributed by atoms with Crippen LogP contribution < -0.4 is 5.32 Å². The molecule has 2 aromatic heterocycles. The summed E-state index contributed by atoms with van der Waals surface area (Å²) in [6, 6.07) is 13.2. The summed E-state index contributed by atoms with van der Waals surface area (Å²) in [5.41, 5.74) is 1.24. The second kappa shape index (κ2) is 7.84. The number of carbonyl (C=O) groups excluding carboxylic acids is 1.